The summed E-state index contributed by atoms with van der Waals surface area (Å²) < 4.78 is 24.8. The second kappa shape index (κ2) is 8.63. The summed E-state index contributed by atoms with van der Waals surface area (Å²) in [5.41, 5.74) is 1.34. The Kier molecular flexibility index (Phi) is 7.47. The highest BCUT2D eigenvalue weighted by atomic mass is 35.5. The number of hydrogen-bond acceptors (Lipinski definition) is 4. The molecule has 0 bridgehead atoms. The summed E-state index contributed by atoms with van der Waals surface area (Å²) in [4.78, 5) is 14.1. The average Bonchev–Trinajstić information content (AvgIpc) is 2.41. The molecule has 0 atom stereocenters. The van der Waals surface area contributed by atoms with Crippen LogP contribution >= 0.6 is 11.6 Å². The summed E-state index contributed by atoms with van der Waals surface area (Å²) in [6.45, 7) is 2.64. The predicted octanol–water partition coefficient (Wildman–Crippen LogP) is 1.80. The van der Waals surface area contributed by atoms with Gasteiger partial charge < -0.3 is 10.2 Å². The molecule has 6 nitrogen and oxygen atoms in total. The molecule has 0 unspecified atom stereocenters. The third-order valence-electron chi connectivity index (χ3n) is 3.34. The second-order valence-corrected chi connectivity index (χ2v) is 8.10. The summed E-state index contributed by atoms with van der Waals surface area (Å²) in [7, 11) is 0.392. The molecule has 0 aliphatic rings. The van der Waals surface area contributed by atoms with Crippen LogP contribution < -0.4 is 5.32 Å². The number of carbonyl (C=O) groups excluding carboxylic acids is 1. The van der Waals surface area contributed by atoms with Crippen molar-refractivity contribution < 1.29 is 13.2 Å². The predicted molar refractivity (Wildman–Crippen MR) is 94.4 cm³/mol. The lowest BCUT2D eigenvalue weighted by Gasteiger charge is -2.20. The van der Waals surface area contributed by atoms with Gasteiger partial charge in [0.25, 0.3) is 0 Å². The number of nitrogens with zero attached hydrogens (tertiary/aromatic N) is 2. The van der Waals surface area contributed by atoms with Gasteiger partial charge in [0.1, 0.15) is 0 Å². The molecule has 1 aromatic rings. The molecule has 1 amide bonds. The van der Waals surface area contributed by atoms with Gasteiger partial charge in [-0.05, 0) is 51.7 Å². The molecule has 130 valence electrons. The molecule has 8 heteroatoms. The molecule has 23 heavy (non-hydrogen) atoms. The maximum Gasteiger partial charge on any atom is 0.239 e. The molecule has 0 saturated heterocycles. The van der Waals surface area contributed by atoms with E-state index in [1.54, 1.807) is 25.1 Å². The van der Waals surface area contributed by atoms with Gasteiger partial charge in [-0.1, -0.05) is 17.7 Å². The van der Waals surface area contributed by atoms with Crippen LogP contribution in [0.2, 0.25) is 5.02 Å². The lowest BCUT2D eigenvalue weighted by atomic mass is 10.2. The fourth-order valence-corrected chi connectivity index (χ4v) is 3.01. The van der Waals surface area contributed by atoms with Crippen molar-refractivity contribution in [2.45, 2.75) is 13.3 Å². The largest absolute Gasteiger partial charge is 0.325 e. The van der Waals surface area contributed by atoms with Gasteiger partial charge >= 0.3 is 0 Å². The summed E-state index contributed by atoms with van der Waals surface area (Å²) in [6.07, 6.45) is 1.77. The minimum atomic E-state index is -3.44. The van der Waals surface area contributed by atoms with E-state index in [0.29, 0.717) is 23.7 Å². The smallest absolute Gasteiger partial charge is 0.239 e. The van der Waals surface area contributed by atoms with Crippen molar-refractivity contribution in [2.24, 2.45) is 0 Å². The van der Waals surface area contributed by atoms with Crippen molar-refractivity contribution in [2.75, 3.05) is 45.3 Å². The Hall–Kier alpha value is -1.15. The third kappa shape index (κ3) is 6.87. The van der Waals surface area contributed by atoms with Gasteiger partial charge in [-0.15, -0.1) is 0 Å². The van der Waals surface area contributed by atoms with Crippen LogP contribution in [0, 0.1) is 6.92 Å². The Morgan fingerprint density at radius 1 is 1.26 bits per heavy atom. The highest BCUT2D eigenvalue weighted by Crippen LogP contribution is 2.22. The van der Waals surface area contributed by atoms with E-state index in [9.17, 15) is 13.2 Å². The number of sulfonamides is 1. The minimum Gasteiger partial charge on any atom is -0.325 e. The normalized spacial score (nSPS) is 12.0. The molecular weight excluding hydrogens is 338 g/mol. The van der Waals surface area contributed by atoms with Gasteiger partial charge in [-0.2, -0.15) is 4.31 Å². The zero-order valence-electron chi connectivity index (χ0n) is 14.0. The zero-order chi connectivity index (χ0) is 17.6. The van der Waals surface area contributed by atoms with E-state index in [0.717, 1.165) is 18.4 Å². The SMILES string of the molecule is Cc1c(Cl)cccc1NC(=O)CN(CCCN(C)C)S(C)(=O)=O. The fourth-order valence-electron chi connectivity index (χ4n) is 2.02. The van der Waals surface area contributed by atoms with Crippen molar-refractivity contribution >= 4 is 33.2 Å². The van der Waals surface area contributed by atoms with Gasteiger partial charge in [0.2, 0.25) is 15.9 Å². The van der Waals surface area contributed by atoms with Crippen LogP contribution in [0.25, 0.3) is 0 Å². The topological polar surface area (TPSA) is 69.7 Å². The summed E-state index contributed by atoms with van der Waals surface area (Å²) in [6, 6.07) is 5.20. The van der Waals surface area contributed by atoms with Crippen molar-refractivity contribution in [1.29, 1.82) is 0 Å². The van der Waals surface area contributed by atoms with Crippen LogP contribution in [-0.2, 0) is 14.8 Å². The first kappa shape index (κ1) is 19.9. The molecule has 0 aromatic heterocycles. The van der Waals surface area contributed by atoms with Crippen LogP contribution in [-0.4, -0.2) is 63.5 Å². The van der Waals surface area contributed by atoms with Gasteiger partial charge in [0, 0.05) is 17.3 Å². The van der Waals surface area contributed by atoms with Crippen molar-refractivity contribution in [3.63, 3.8) is 0 Å². The lowest BCUT2D eigenvalue weighted by molar-refractivity contribution is -0.116. The van der Waals surface area contributed by atoms with Gasteiger partial charge in [0.05, 0.1) is 12.8 Å². The van der Waals surface area contributed by atoms with Crippen LogP contribution in [0.5, 0.6) is 0 Å². The molecule has 0 fully saturated rings. The van der Waals surface area contributed by atoms with Crippen LogP contribution in [0.15, 0.2) is 18.2 Å². The molecule has 0 aliphatic carbocycles. The van der Waals surface area contributed by atoms with Gasteiger partial charge in [0.15, 0.2) is 0 Å². The van der Waals surface area contributed by atoms with Gasteiger partial charge in [-0.25, -0.2) is 8.42 Å². The first-order valence-electron chi connectivity index (χ1n) is 7.26. The standard InChI is InChI=1S/C15H24ClN3O3S/c1-12-13(16)7-5-8-14(12)17-15(20)11-19(23(4,21)22)10-6-9-18(2)3/h5,7-8H,6,9-11H2,1-4H3,(H,17,20). The maximum absolute atomic E-state index is 12.2. The number of nitrogens with one attached hydrogen (secondary N) is 1. The Morgan fingerprint density at radius 2 is 1.91 bits per heavy atom. The number of hydrogen-bond donors (Lipinski definition) is 1. The number of anilines is 1. The minimum absolute atomic E-state index is 0.210. The van der Waals surface area contributed by atoms with E-state index in [1.807, 2.05) is 19.0 Å². The Balaban J connectivity index is 2.71. The van der Waals surface area contributed by atoms with E-state index in [1.165, 1.54) is 4.31 Å². The molecule has 0 heterocycles. The first-order chi connectivity index (χ1) is 10.6. The number of halogens is 1. The third-order valence-corrected chi connectivity index (χ3v) is 5.00. The quantitative estimate of drug-likeness (QED) is 0.766. The highest BCUT2D eigenvalue weighted by molar-refractivity contribution is 7.88. The second-order valence-electron chi connectivity index (χ2n) is 5.71. The number of rotatable bonds is 8. The number of carbonyl (C=O) groups is 1. The monoisotopic (exact) mass is 361 g/mol. The molecule has 1 N–H and O–H groups in total. The van der Waals surface area contributed by atoms with Crippen molar-refractivity contribution in [3.05, 3.63) is 28.8 Å². The van der Waals surface area contributed by atoms with E-state index in [2.05, 4.69) is 5.32 Å². The number of amides is 1. The molecule has 0 aliphatic heterocycles. The highest BCUT2D eigenvalue weighted by Gasteiger charge is 2.20. The Bertz CT molecular complexity index is 647. The average molecular weight is 362 g/mol. The zero-order valence-corrected chi connectivity index (χ0v) is 15.5. The fraction of sp³-hybridized carbons (Fsp3) is 0.533. The molecule has 0 saturated carbocycles. The molecule has 0 spiro atoms. The summed E-state index contributed by atoms with van der Waals surface area (Å²) >= 11 is 6.01. The van der Waals surface area contributed by atoms with E-state index in [4.69, 9.17) is 11.6 Å². The summed E-state index contributed by atoms with van der Waals surface area (Å²) in [5.74, 6) is -0.384. The van der Waals surface area contributed by atoms with Crippen LogP contribution in [0.4, 0.5) is 5.69 Å². The van der Waals surface area contributed by atoms with Crippen LogP contribution in [0.3, 0.4) is 0 Å². The molecule has 1 rings (SSSR count). The number of benzene rings is 1. The van der Waals surface area contributed by atoms with E-state index in [-0.39, 0.29) is 12.5 Å². The van der Waals surface area contributed by atoms with Crippen molar-refractivity contribution in [3.8, 4) is 0 Å². The first-order valence-corrected chi connectivity index (χ1v) is 9.48. The molecular formula is C15H24ClN3O3S. The van der Waals surface area contributed by atoms with E-state index >= 15 is 0 Å². The Labute approximate surface area is 143 Å². The maximum atomic E-state index is 12.2. The molecule has 0 radical (unpaired) electrons. The van der Waals surface area contributed by atoms with Crippen LogP contribution in [0.1, 0.15) is 12.0 Å². The van der Waals surface area contributed by atoms with Gasteiger partial charge in [-0.3, -0.25) is 4.79 Å². The molecule has 1 aromatic carbocycles. The summed E-state index contributed by atoms with van der Waals surface area (Å²) in [5, 5.41) is 3.26. The Morgan fingerprint density at radius 3 is 2.48 bits per heavy atom. The van der Waals surface area contributed by atoms with Crippen molar-refractivity contribution in [1.82, 2.24) is 9.21 Å². The lowest BCUT2D eigenvalue weighted by Crippen LogP contribution is -2.38. The van der Waals surface area contributed by atoms with E-state index < -0.39 is 10.0 Å².